The maximum absolute atomic E-state index is 6.59. The van der Waals surface area contributed by atoms with Crippen molar-refractivity contribution in [1.82, 2.24) is 14.8 Å². The van der Waals surface area contributed by atoms with E-state index in [1.807, 2.05) is 47.1 Å². The predicted molar refractivity (Wildman–Crippen MR) is 127 cm³/mol. The zero-order chi connectivity index (χ0) is 22.5. The molecule has 6 rings (SSSR count). The van der Waals surface area contributed by atoms with Crippen molar-refractivity contribution in [2.75, 3.05) is 19.5 Å². The Kier molecular flexibility index (Phi) is 4.78. The highest BCUT2D eigenvalue weighted by Crippen LogP contribution is 2.53. The van der Waals surface area contributed by atoms with E-state index in [1.165, 1.54) is 0 Å². The Labute approximate surface area is 199 Å². The highest BCUT2D eigenvalue weighted by Gasteiger charge is 2.42. The lowest BCUT2D eigenvalue weighted by molar-refractivity contribution is 0.226. The number of anilines is 1. The Balaban J connectivity index is 1.67. The summed E-state index contributed by atoms with van der Waals surface area (Å²) in [5, 5.41) is 10.7. The number of halogens is 1. The van der Waals surface area contributed by atoms with Gasteiger partial charge in [0.05, 0.1) is 19.9 Å². The number of methoxy groups -OCH3 is 2. The Morgan fingerprint density at radius 1 is 1.12 bits per heavy atom. The number of thiophene rings is 1. The molecule has 9 heteroatoms. The minimum Gasteiger partial charge on any atom is -0.497 e. The van der Waals surface area contributed by atoms with Crippen LogP contribution >= 0.6 is 22.9 Å². The molecule has 0 spiro atoms. The fourth-order valence-corrected chi connectivity index (χ4v) is 5.42. The van der Waals surface area contributed by atoms with Crippen LogP contribution in [0, 0.1) is 0 Å². The molecule has 0 fully saturated rings. The van der Waals surface area contributed by atoms with Crippen LogP contribution in [0.3, 0.4) is 0 Å². The number of aromatic nitrogens is 3. The van der Waals surface area contributed by atoms with Crippen LogP contribution in [-0.4, -0.2) is 29.0 Å². The third-order valence-corrected chi connectivity index (χ3v) is 7.06. The van der Waals surface area contributed by atoms with Gasteiger partial charge in [0, 0.05) is 26.6 Å². The molecule has 2 aliphatic heterocycles. The van der Waals surface area contributed by atoms with Crippen molar-refractivity contribution in [3.8, 4) is 17.2 Å². The van der Waals surface area contributed by atoms with Crippen LogP contribution < -0.4 is 19.5 Å². The van der Waals surface area contributed by atoms with E-state index >= 15 is 0 Å². The number of hydrogen-bond acceptors (Lipinski definition) is 7. The van der Waals surface area contributed by atoms with E-state index in [4.69, 9.17) is 25.8 Å². The molecule has 0 amide bonds. The molecule has 7 nitrogen and oxygen atoms in total. The second-order valence-electron chi connectivity index (χ2n) is 7.65. The zero-order valence-electron chi connectivity index (χ0n) is 17.8. The lowest BCUT2D eigenvalue weighted by atomic mass is 9.86. The van der Waals surface area contributed by atoms with E-state index in [1.54, 1.807) is 31.9 Å². The summed E-state index contributed by atoms with van der Waals surface area (Å²) < 4.78 is 19.8. The van der Waals surface area contributed by atoms with Crippen molar-refractivity contribution in [3.05, 3.63) is 86.8 Å². The van der Waals surface area contributed by atoms with Gasteiger partial charge >= 0.3 is 0 Å². The smallest absolute Gasteiger partial charge is 0.226 e. The van der Waals surface area contributed by atoms with Gasteiger partial charge in [0.1, 0.15) is 29.6 Å². The van der Waals surface area contributed by atoms with E-state index < -0.39 is 0 Å². The number of ether oxygens (including phenoxy) is 3. The molecule has 4 heterocycles. The molecule has 0 bridgehead atoms. The summed E-state index contributed by atoms with van der Waals surface area (Å²) in [5.41, 5.74) is 3.68. The fraction of sp³-hybridized carbons (Fsp3) is 0.167. The van der Waals surface area contributed by atoms with Crippen LogP contribution in [-0.2, 0) is 0 Å². The van der Waals surface area contributed by atoms with Crippen LogP contribution in [0.1, 0.15) is 28.1 Å². The Morgan fingerprint density at radius 3 is 2.82 bits per heavy atom. The summed E-state index contributed by atoms with van der Waals surface area (Å²) >= 11 is 8.04. The molecule has 2 atom stereocenters. The minimum atomic E-state index is -0.344. The third-order valence-electron chi connectivity index (χ3n) is 5.91. The predicted octanol–water partition coefficient (Wildman–Crippen LogP) is 5.57. The molecule has 2 aliphatic rings. The average Bonchev–Trinajstić information content (AvgIpc) is 3.54. The van der Waals surface area contributed by atoms with Gasteiger partial charge in [0.15, 0.2) is 6.10 Å². The Bertz CT molecular complexity index is 1380. The highest BCUT2D eigenvalue weighted by molar-refractivity contribution is 7.10. The lowest BCUT2D eigenvalue weighted by Gasteiger charge is -2.38. The van der Waals surface area contributed by atoms with Crippen molar-refractivity contribution in [1.29, 1.82) is 0 Å². The van der Waals surface area contributed by atoms with E-state index in [2.05, 4.69) is 26.8 Å². The first kappa shape index (κ1) is 20.1. The van der Waals surface area contributed by atoms with Crippen LogP contribution in [0.4, 0.5) is 5.95 Å². The van der Waals surface area contributed by atoms with Gasteiger partial charge in [-0.1, -0.05) is 17.7 Å². The maximum Gasteiger partial charge on any atom is 0.226 e. The average molecular weight is 479 g/mol. The Morgan fingerprint density at radius 2 is 2.03 bits per heavy atom. The van der Waals surface area contributed by atoms with Crippen molar-refractivity contribution >= 4 is 34.6 Å². The third kappa shape index (κ3) is 3.17. The molecule has 0 saturated carbocycles. The first-order chi connectivity index (χ1) is 16.2. The van der Waals surface area contributed by atoms with E-state index in [0.29, 0.717) is 11.0 Å². The van der Waals surface area contributed by atoms with Crippen LogP contribution in [0.15, 0.2) is 65.8 Å². The minimum absolute atomic E-state index is 0.334. The number of fused-ring (bicyclic) bond motifs is 3. The Hall–Kier alpha value is -3.49. The summed E-state index contributed by atoms with van der Waals surface area (Å²) in [4.78, 5) is 5.55. The van der Waals surface area contributed by atoms with Gasteiger partial charge < -0.3 is 19.5 Å². The standard InChI is InChI=1S/C24H19ClN4O3S/c1-30-14-6-8-17(31-2)16(11-14)22-20-21(28-24-26-12-27-29(22)24)15-10-13(25)5-7-18(15)32-23(20)19-4-3-9-33-19/h3-12,22-23H,1-2H3,(H,26,27,28)/t22-,23+/m0/s1. The maximum atomic E-state index is 6.59. The molecule has 0 unspecified atom stereocenters. The van der Waals surface area contributed by atoms with Gasteiger partial charge in [0.2, 0.25) is 5.95 Å². The lowest BCUT2D eigenvalue weighted by Crippen LogP contribution is -2.32. The van der Waals surface area contributed by atoms with Crippen molar-refractivity contribution in [2.24, 2.45) is 0 Å². The van der Waals surface area contributed by atoms with Crippen LogP contribution in [0.5, 0.6) is 17.2 Å². The molecule has 0 radical (unpaired) electrons. The van der Waals surface area contributed by atoms with Gasteiger partial charge in [-0.3, -0.25) is 0 Å². The molecular weight excluding hydrogens is 460 g/mol. The summed E-state index contributed by atoms with van der Waals surface area (Å²) in [6.07, 6.45) is 1.21. The molecule has 1 N–H and O–H groups in total. The quantitative estimate of drug-likeness (QED) is 0.413. The van der Waals surface area contributed by atoms with E-state index in [9.17, 15) is 0 Å². The summed E-state index contributed by atoms with van der Waals surface area (Å²) in [6.45, 7) is 0. The summed E-state index contributed by atoms with van der Waals surface area (Å²) in [7, 11) is 3.31. The number of rotatable bonds is 4. The molecule has 166 valence electrons. The van der Waals surface area contributed by atoms with Crippen LogP contribution in [0.2, 0.25) is 5.02 Å². The second kappa shape index (κ2) is 7.83. The van der Waals surface area contributed by atoms with Crippen molar-refractivity contribution < 1.29 is 14.2 Å². The topological polar surface area (TPSA) is 70.4 Å². The molecule has 33 heavy (non-hydrogen) atoms. The van der Waals surface area contributed by atoms with E-state index in [0.717, 1.165) is 44.5 Å². The van der Waals surface area contributed by atoms with E-state index in [-0.39, 0.29) is 12.1 Å². The van der Waals surface area contributed by atoms with Crippen molar-refractivity contribution in [2.45, 2.75) is 12.1 Å². The second-order valence-corrected chi connectivity index (χ2v) is 9.06. The van der Waals surface area contributed by atoms with Gasteiger partial charge in [-0.2, -0.15) is 10.1 Å². The van der Waals surface area contributed by atoms with Crippen molar-refractivity contribution in [3.63, 3.8) is 0 Å². The van der Waals surface area contributed by atoms with Gasteiger partial charge in [-0.05, 0) is 47.8 Å². The molecule has 0 aliphatic carbocycles. The highest BCUT2D eigenvalue weighted by atomic mass is 35.5. The SMILES string of the molecule is COc1ccc(OC)c([C@H]2C3=C(Nc4ncnn42)c2cc(Cl)ccc2O[C@@H]3c2cccs2)c1. The van der Waals surface area contributed by atoms with Gasteiger partial charge in [-0.25, -0.2) is 4.68 Å². The number of hydrogen-bond donors (Lipinski definition) is 1. The first-order valence-corrected chi connectivity index (χ1v) is 11.6. The monoisotopic (exact) mass is 478 g/mol. The fourth-order valence-electron chi connectivity index (χ4n) is 4.47. The number of nitrogens with zero attached hydrogens (tertiary/aromatic N) is 3. The van der Waals surface area contributed by atoms with Gasteiger partial charge in [0.25, 0.3) is 0 Å². The number of benzene rings is 2. The summed E-state index contributed by atoms with van der Waals surface area (Å²) in [6, 6.07) is 15.2. The summed E-state index contributed by atoms with van der Waals surface area (Å²) in [5.74, 6) is 2.83. The van der Waals surface area contributed by atoms with Crippen LogP contribution in [0.25, 0.3) is 5.70 Å². The molecule has 2 aromatic heterocycles. The molecule has 4 aromatic rings. The normalized spacial score (nSPS) is 18.5. The largest absolute Gasteiger partial charge is 0.497 e. The molecule has 2 aromatic carbocycles. The first-order valence-electron chi connectivity index (χ1n) is 10.3. The number of nitrogens with one attached hydrogen (secondary N) is 1. The zero-order valence-corrected chi connectivity index (χ0v) is 19.4. The molecular formula is C24H19ClN4O3S. The van der Waals surface area contributed by atoms with Gasteiger partial charge in [-0.15, -0.1) is 11.3 Å². The molecule has 0 saturated heterocycles.